The zero-order valence-corrected chi connectivity index (χ0v) is 22.4. The van der Waals surface area contributed by atoms with E-state index in [1.54, 1.807) is 47.8 Å². The van der Waals surface area contributed by atoms with Crippen molar-refractivity contribution in [3.8, 4) is 5.75 Å². The first-order valence-corrected chi connectivity index (χ1v) is 12.9. The topological polar surface area (TPSA) is 110 Å². The number of carboxylic acids is 1. The minimum Gasteiger partial charge on any atom is -0.492 e. The number of carbonyl (C=O) groups excluding carboxylic acids is 2. The predicted molar refractivity (Wildman–Crippen MR) is 142 cm³/mol. The molecule has 0 radical (unpaired) electrons. The highest BCUT2D eigenvalue weighted by atomic mass is 35.5. The number of nitrogens with zero attached hydrogens (tertiary/aromatic N) is 2. The molecule has 0 saturated carbocycles. The zero-order valence-electron chi connectivity index (χ0n) is 20.9. The molecule has 5 rings (SSSR count). The van der Waals surface area contributed by atoms with Crippen molar-refractivity contribution in [1.82, 2.24) is 14.8 Å². The van der Waals surface area contributed by atoms with Crippen LogP contribution in [-0.4, -0.2) is 65.8 Å². The third-order valence-corrected chi connectivity index (χ3v) is 8.24. The molecule has 1 aromatic heterocycles. The second-order valence-corrected chi connectivity index (χ2v) is 10.7. The van der Waals surface area contributed by atoms with Crippen molar-refractivity contribution in [2.24, 2.45) is 13.0 Å². The van der Waals surface area contributed by atoms with Gasteiger partial charge in [-0.25, -0.2) is 4.79 Å². The van der Waals surface area contributed by atoms with Crippen LogP contribution in [0.2, 0.25) is 10.0 Å². The summed E-state index contributed by atoms with van der Waals surface area (Å²) in [7, 11) is 3.52. The smallest absolute Gasteiger partial charge is 0.335 e. The van der Waals surface area contributed by atoms with Crippen molar-refractivity contribution in [2.45, 2.75) is 18.4 Å². The van der Waals surface area contributed by atoms with E-state index in [1.807, 2.05) is 0 Å². The number of nitrogens with one attached hydrogen (secondary N) is 1. The second-order valence-electron chi connectivity index (χ2n) is 9.90. The van der Waals surface area contributed by atoms with Crippen LogP contribution in [0.25, 0.3) is 10.9 Å². The van der Waals surface area contributed by atoms with E-state index in [9.17, 15) is 19.5 Å². The molecular weight excluding hydrogens is 533 g/mol. The molecule has 2 aliphatic rings. The Kier molecular flexibility index (Phi) is 7.02. The Bertz CT molecular complexity index is 1430. The summed E-state index contributed by atoms with van der Waals surface area (Å²) in [6.45, 7) is 1.66. The Morgan fingerprint density at radius 3 is 2.53 bits per heavy atom. The van der Waals surface area contributed by atoms with Crippen LogP contribution in [0.4, 0.5) is 0 Å². The number of hydrogen-bond acceptors (Lipinski definition) is 5. The Morgan fingerprint density at radius 2 is 1.92 bits per heavy atom. The van der Waals surface area contributed by atoms with E-state index in [0.717, 1.165) is 5.56 Å². The van der Waals surface area contributed by atoms with Gasteiger partial charge in [-0.1, -0.05) is 35.3 Å². The van der Waals surface area contributed by atoms with Crippen LogP contribution < -0.4 is 10.1 Å². The molecule has 11 heteroatoms. The number of halogens is 2. The number of aryl methyl sites for hydroxylation is 1. The highest BCUT2D eigenvalue weighted by molar-refractivity contribution is 6.46. The van der Waals surface area contributed by atoms with Gasteiger partial charge in [-0.3, -0.25) is 9.59 Å². The third-order valence-electron chi connectivity index (χ3n) is 7.38. The van der Waals surface area contributed by atoms with Gasteiger partial charge < -0.3 is 29.4 Å². The molecule has 9 nitrogen and oxygen atoms in total. The van der Waals surface area contributed by atoms with Crippen molar-refractivity contribution in [1.29, 1.82) is 0 Å². The Morgan fingerprint density at radius 1 is 1.18 bits per heavy atom. The number of benzene rings is 2. The van der Waals surface area contributed by atoms with E-state index >= 15 is 0 Å². The van der Waals surface area contributed by atoms with Gasteiger partial charge in [0.25, 0.3) is 5.91 Å². The number of fused-ring (bicyclic) bond motifs is 1. The van der Waals surface area contributed by atoms with E-state index in [0.29, 0.717) is 54.9 Å². The summed E-state index contributed by atoms with van der Waals surface area (Å²) in [5.41, 5.74) is 1.17. The molecule has 0 aliphatic carbocycles. The monoisotopic (exact) mass is 559 g/mol. The van der Waals surface area contributed by atoms with Crippen molar-refractivity contribution < 1.29 is 29.0 Å². The summed E-state index contributed by atoms with van der Waals surface area (Å²) < 4.78 is 13.3. The van der Waals surface area contributed by atoms with Crippen LogP contribution in [0, 0.1) is 5.92 Å². The fourth-order valence-corrected chi connectivity index (χ4v) is 5.61. The average Bonchev–Trinajstić information content (AvgIpc) is 3.59. The Hall–Kier alpha value is -3.27. The molecule has 1 unspecified atom stereocenters. The lowest BCUT2D eigenvalue weighted by molar-refractivity contribution is -0.126. The molecule has 3 aromatic rings. The lowest BCUT2D eigenvalue weighted by atomic mass is 9.88. The molecule has 2 N–H and O–H groups in total. The molecule has 2 fully saturated rings. The van der Waals surface area contributed by atoms with E-state index in [2.05, 4.69) is 5.32 Å². The van der Waals surface area contributed by atoms with Gasteiger partial charge in [-0.05, 0) is 23.8 Å². The van der Waals surface area contributed by atoms with Gasteiger partial charge in [-0.2, -0.15) is 0 Å². The summed E-state index contributed by atoms with van der Waals surface area (Å²) in [6.07, 6.45) is 0.960. The number of aromatic carboxylic acids is 1. The van der Waals surface area contributed by atoms with Crippen LogP contribution >= 0.6 is 23.2 Å². The summed E-state index contributed by atoms with van der Waals surface area (Å²) in [4.78, 5) is 38.3. The van der Waals surface area contributed by atoms with Gasteiger partial charge >= 0.3 is 5.97 Å². The molecule has 2 aromatic carbocycles. The maximum Gasteiger partial charge on any atom is 0.335 e. The first-order chi connectivity index (χ1) is 18.1. The maximum atomic E-state index is 13.6. The summed E-state index contributed by atoms with van der Waals surface area (Å²) in [6, 6.07) is 9.88. The van der Waals surface area contributed by atoms with E-state index in [-0.39, 0.29) is 39.9 Å². The van der Waals surface area contributed by atoms with Crippen molar-refractivity contribution >= 4 is 51.9 Å². The van der Waals surface area contributed by atoms with Gasteiger partial charge in [0, 0.05) is 57.5 Å². The molecule has 38 heavy (non-hydrogen) atoms. The van der Waals surface area contributed by atoms with Gasteiger partial charge in [-0.15, -0.1) is 0 Å². The molecule has 3 heterocycles. The number of hydrogen-bond donors (Lipinski definition) is 2. The molecule has 0 bridgehead atoms. The van der Waals surface area contributed by atoms with Gasteiger partial charge in [0.05, 0.1) is 34.9 Å². The second kappa shape index (κ2) is 10.1. The van der Waals surface area contributed by atoms with Crippen molar-refractivity contribution in [3.05, 3.63) is 63.3 Å². The average molecular weight is 560 g/mol. The summed E-state index contributed by atoms with van der Waals surface area (Å²) in [5, 5.41) is 13.5. The van der Waals surface area contributed by atoms with Crippen LogP contribution in [0.5, 0.6) is 5.75 Å². The highest BCUT2D eigenvalue weighted by Crippen LogP contribution is 2.40. The van der Waals surface area contributed by atoms with E-state index in [1.165, 1.54) is 12.1 Å². The Balaban J connectivity index is 1.41. The number of carboxylic acid groups (broad SMARTS) is 1. The Labute approximate surface area is 229 Å². The largest absolute Gasteiger partial charge is 0.492 e. The maximum absolute atomic E-state index is 13.6. The number of aromatic nitrogens is 1. The lowest BCUT2D eigenvalue weighted by Crippen LogP contribution is -2.47. The standard InChI is InChI=1S/C27H27Cl2N3O6/c1-31-12-15(9-22(31)33)13-38-21-11-19-18(23(28)24(21)29)10-20(32(19)2)25(34)30-27(7-8-37-14-27)17-5-3-16(4-6-17)26(35)36/h3-6,10-11,15H,7-9,12-14H2,1-2H3,(H,30,34)(H,35,36)/t15?,27-/m0/s1. The normalized spacial score (nSPS) is 21.3. The molecule has 0 spiro atoms. The molecule has 2 amide bonds. The van der Waals surface area contributed by atoms with E-state index < -0.39 is 11.5 Å². The number of amides is 2. The number of ether oxygens (including phenoxy) is 2. The predicted octanol–water partition coefficient (Wildman–Crippen LogP) is 4.09. The fraction of sp³-hybridized carbons (Fsp3) is 0.370. The summed E-state index contributed by atoms with van der Waals surface area (Å²) in [5.74, 6) is -0.824. The molecule has 2 atom stereocenters. The lowest BCUT2D eigenvalue weighted by Gasteiger charge is -2.29. The number of likely N-dealkylation sites (tertiary alicyclic amines) is 1. The number of rotatable bonds is 7. The zero-order chi connectivity index (χ0) is 27.2. The van der Waals surface area contributed by atoms with Crippen LogP contribution in [0.3, 0.4) is 0 Å². The minimum absolute atomic E-state index is 0.0576. The SMILES string of the molecule is CN1CC(COc2cc3c(cc(C(=O)N[C@@]4(c5ccc(C(=O)O)cc5)CCOC4)n3C)c(Cl)c2Cl)CC1=O. The first kappa shape index (κ1) is 26.3. The molecule has 2 aliphatic heterocycles. The fourth-order valence-electron chi connectivity index (χ4n) is 5.16. The van der Waals surface area contributed by atoms with Gasteiger partial charge in [0.2, 0.25) is 5.91 Å². The van der Waals surface area contributed by atoms with Crippen LogP contribution in [0.1, 0.15) is 39.3 Å². The third kappa shape index (κ3) is 4.70. The van der Waals surface area contributed by atoms with Crippen molar-refractivity contribution in [3.63, 3.8) is 0 Å². The number of carbonyl (C=O) groups is 3. The summed E-state index contributed by atoms with van der Waals surface area (Å²) >= 11 is 13.1. The van der Waals surface area contributed by atoms with Crippen LogP contribution in [0.15, 0.2) is 36.4 Å². The minimum atomic E-state index is -1.02. The van der Waals surface area contributed by atoms with Crippen molar-refractivity contribution in [2.75, 3.05) is 33.4 Å². The first-order valence-electron chi connectivity index (χ1n) is 12.2. The van der Waals surface area contributed by atoms with E-state index in [4.69, 9.17) is 32.7 Å². The highest BCUT2D eigenvalue weighted by Gasteiger charge is 2.39. The quantitative estimate of drug-likeness (QED) is 0.451. The molecule has 200 valence electrons. The van der Waals surface area contributed by atoms with Gasteiger partial charge in [0.15, 0.2) is 0 Å². The molecule has 2 saturated heterocycles. The van der Waals surface area contributed by atoms with Gasteiger partial charge in [0.1, 0.15) is 16.5 Å². The van der Waals surface area contributed by atoms with Crippen LogP contribution in [-0.2, 0) is 22.1 Å². The molecular formula is C27H27Cl2N3O6.